The van der Waals surface area contributed by atoms with E-state index in [-0.39, 0.29) is 0 Å². The highest BCUT2D eigenvalue weighted by atomic mass is 16.3. The van der Waals surface area contributed by atoms with Gasteiger partial charge in [0.2, 0.25) is 0 Å². The highest BCUT2D eigenvalue weighted by Crippen LogP contribution is 2.21. The first kappa shape index (κ1) is 13.9. The molecule has 1 rings (SSSR count). The molecule has 2 atom stereocenters. The van der Waals surface area contributed by atoms with Crippen LogP contribution in [0.5, 0.6) is 0 Å². The van der Waals surface area contributed by atoms with Crippen LogP contribution in [0.25, 0.3) is 0 Å². The van der Waals surface area contributed by atoms with E-state index in [0.29, 0.717) is 12.0 Å². The van der Waals surface area contributed by atoms with Gasteiger partial charge >= 0.3 is 0 Å². The van der Waals surface area contributed by atoms with E-state index in [1.807, 2.05) is 6.92 Å². The number of piperidine rings is 1. The maximum absolute atomic E-state index is 10.3. The third-order valence-corrected chi connectivity index (χ3v) is 4.00. The fraction of sp³-hybridized carbons (Fsp3) is 1.00. The number of hydrogen-bond donors (Lipinski definition) is 1. The summed E-state index contributed by atoms with van der Waals surface area (Å²) in [6.45, 7) is 9.16. The van der Waals surface area contributed by atoms with Gasteiger partial charge < -0.3 is 10.0 Å². The van der Waals surface area contributed by atoms with E-state index in [2.05, 4.69) is 37.7 Å². The van der Waals surface area contributed by atoms with Gasteiger partial charge in [-0.2, -0.15) is 0 Å². The first-order valence-corrected chi connectivity index (χ1v) is 6.44. The summed E-state index contributed by atoms with van der Waals surface area (Å²) in [7, 11) is 4.30. The highest BCUT2D eigenvalue weighted by molar-refractivity contribution is 4.85. The summed E-state index contributed by atoms with van der Waals surface area (Å²) in [4.78, 5) is 4.71. The molecule has 3 heteroatoms. The Balaban J connectivity index is 2.49. The first-order chi connectivity index (χ1) is 7.33. The van der Waals surface area contributed by atoms with E-state index < -0.39 is 5.60 Å². The van der Waals surface area contributed by atoms with Crippen LogP contribution in [0.1, 0.15) is 33.6 Å². The van der Waals surface area contributed by atoms with Crippen LogP contribution in [-0.4, -0.2) is 60.3 Å². The summed E-state index contributed by atoms with van der Waals surface area (Å²) >= 11 is 0. The standard InChI is InChI=1S/C13H28N2O/c1-11(2)13(3,16)10-15-8-6-7-12(9-15)14(4)5/h11-12,16H,6-10H2,1-5H3. The molecule has 1 aliphatic heterocycles. The molecule has 1 aliphatic rings. The molecule has 0 spiro atoms. The molecular formula is C13H28N2O. The number of likely N-dealkylation sites (tertiary alicyclic amines) is 1. The van der Waals surface area contributed by atoms with Crippen molar-refractivity contribution >= 4 is 0 Å². The Kier molecular flexibility index (Phi) is 4.77. The van der Waals surface area contributed by atoms with Crippen molar-refractivity contribution in [2.75, 3.05) is 33.7 Å². The third kappa shape index (κ3) is 3.72. The topological polar surface area (TPSA) is 26.7 Å². The summed E-state index contributed by atoms with van der Waals surface area (Å²) in [6.07, 6.45) is 2.53. The zero-order chi connectivity index (χ0) is 12.3. The molecule has 0 aromatic carbocycles. The van der Waals surface area contributed by atoms with Gasteiger partial charge in [-0.25, -0.2) is 0 Å². The second-order valence-electron chi connectivity index (χ2n) is 6.01. The van der Waals surface area contributed by atoms with Crippen molar-refractivity contribution in [1.29, 1.82) is 0 Å². The normalized spacial score (nSPS) is 27.4. The smallest absolute Gasteiger partial charge is 0.0768 e. The van der Waals surface area contributed by atoms with Crippen molar-refractivity contribution in [3.8, 4) is 0 Å². The molecule has 0 aromatic heterocycles. The van der Waals surface area contributed by atoms with Crippen LogP contribution in [0, 0.1) is 5.92 Å². The number of rotatable bonds is 4. The van der Waals surface area contributed by atoms with Crippen LogP contribution in [0.15, 0.2) is 0 Å². The summed E-state index contributed by atoms with van der Waals surface area (Å²) in [5.41, 5.74) is -0.561. The van der Waals surface area contributed by atoms with Crippen LogP contribution in [0.3, 0.4) is 0 Å². The van der Waals surface area contributed by atoms with Gasteiger partial charge in [0, 0.05) is 19.1 Å². The zero-order valence-corrected chi connectivity index (χ0v) is 11.5. The maximum Gasteiger partial charge on any atom is 0.0768 e. The van der Waals surface area contributed by atoms with Crippen LogP contribution < -0.4 is 0 Å². The second-order valence-corrected chi connectivity index (χ2v) is 6.01. The van der Waals surface area contributed by atoms with Crippen molar-refractivity contribution in [3.63, 3.8) is 0 Å². The number of likely N-dealkylation sites (N-methyl/N-ethyl adjacent to an activating group) is 1. The quantitative estimate of drug-likeness (QED) is 0.788. The van der Waals surface area contributed by atoms with Gasteiger partial charge in [-0.15, -0.1) is 0 Å². The SMILES string of the molecule is CC(C)C(C)(O)CN1CCCC(N(C)C)C1. The van der Waals surface area contributed by atoms with Crippen molar-refractivity contribution in [3.05, 3.63) is 0 Å². The maximum atomic E-state index is 10.3. The van der Waals surface area contributed by atoms with E-state index in [1.165, 1.54) is 12.8 Å². The van der Waals surface area contributed by atoms with Crippen molar-refractivity contribution in [1.82, 2.24) is 9.80 Å². The van der Waals surface area contributed by atoms with E-state index in [4.69, 9.17) is 0 Å². The van der Waals surface area contributed by atoms with Crippen molar-refractivity contribution in [2.45, 2.75) is 45.3 Å². The van der Waals surface area contributed by atoms with Crippen LogP contribution >= 0.6 is 0 Å². The minimum Gasteiger partial charge on any atom is -0.389 e. The molecule has 0 radical (unpaired) electrons. The van der Waals surface area contributed by atoms with Crippen LogP contribution in [-0.2, 0) is 0 Å². The van der Waals surface area contributed by atoms with E-state index >= 15 is 0 Å². The minimum absolute atomic E-state index is 0.312. The molecule has 0 bridgehead atoms. The van der Waals surface area contributed by atoms with E-state index in [9.17, 15) is 5.11 Å². The number of β-amino-alcohol motifs (C(OH)–C–C–N with tert-alkyl or cyclic N) is 1. The Morgan fingerprint density at radius 3 is 2.56 bits per heavy atom. The van der Waals surface area contributed by atoms with Crippen LogP contribution in [0.4, 0.5) is 0 Å². The monoisotopic (exact) mass is 228 g/mol. The Labute approximate surface area is 100 Å². The minimum atomic E-state index is -0.561. The van der Waals surface area contributed by atoms with Crippen molar-refractivity contribution in [2.24, 2.45) is 5.92 Å². The number of hydrogen-bond acceptors (Lipinski definition) is 3. The fourth-order valence-corrected chi connectivity index (χ4v) is 2.23. The van der Waals surface area contributed by atoms with Gasteiger partial charge in [0.15, 0.2) is 0 Å². The average Bonchev–Trinajstić information content (AvgIpc) is 2.17. The largest absolute Gasteiger partial charge is 0.389 e. The molecule has 0 amide bonds. The van der Waals surface area contributed by atoms with Gasteiger partial charge in [0.05, 0.1) is 5.60 Å². The predicted molar refractivity (Wildman–Crippen MR) is 68.6 cm³/mol. The highest BCUT2D eigenvalue weighted by Gasteiger charge is 2.30. The van der Waals surface area contributed by atoms with Gasteiger partial charge in [0.25, 0.3) is 0 Å². The molecule has 0 aromatic rings. The third-order valence-electron chi connectivity index (χ3n) is 4.00. The van der Waals surface area contributed by atoms with Gasteiger partial charge in [-0.1, -0.05) is 13.8 Å². The molecule has 0 aliphatic carbocycles. The lowest BCUT2D eigenvalue weighted by Crippen LogP contribution is -2.51. The second kappa shape index (κ2) is 5.48. The fourth-order valence-electron chi connectivity index (χ4n) is 2.23. The van der Waals surface area contributed by atoms with E-state index in [0.717, 1.165) is 19.6 Å². The Morgan fingerprint density at radius 2 is 2.06 bits per heavy atom. The first-order valence-electron chi connectivity index (χ1n) is 6.44. The molecule has 2 unspecified atom stereocenters. The van der Waals surface area contributed by atoms with Gasteiger partial charge in [-0.05, 0) is 46.3 Å². The number of aliphatic hydroxyl groups is 1. The molecule has 1 N–H and O–H groups in total. The molecule has 3 nitrogen and oxygen atoms in total. The van der Waals surface area contributed by atoms with E-state index in [1.54, 1.807) is 0 Å². The summed E-state index contributed by atoms with van der Waals surface area (Å²) in [6, 6.07) is 0.650. The molecule has 16 heavy (non-hydrogen) atoms. The molecule has 1 saturated heterocycles. The molecule has 96 valence electrons. The Bertz CT molecular complexity index is 214. The lowest BCUT2D eigenvalue weighted by molar-refractivity contribution is -0.0295. The predicted octanol–water partition coefficient (Wildman–Crippen LogP) is 1.42. The average molecular weight is 228 g/mol. The molecular weight excluding hydrogens is 200 g/mol. The molecule has 1 fully saturated rings. The summed E-state index contributed by atoms with van der Waals surface area (Å²) < 4.78 is 0. The lowest BCUT2D eigenvalue weighted by Gasteiger charge is -2.40. The van der Waals surface area contributed by atoms with Crippen LogP contribution in [0.2, 0.25) is 0 Å². The van der Waals surface area contributed by atoms with Gasteiger partial charge in [0.1, 0.15) is 0 Å². The zero-order valence-electron chi connectivity index (χ0n) is 11.5. The molecule has 0 saturated carbocycles. The summed E-state index contributed by atoms with van der Waals surface area (Å²) in [5.74, 6) is 0.312. The molecule has 1 heterocycles. The van der Waals surface area contributed by atoms with Gasteiger partial charge in [-0.3, -0.25) is 4.90 Å². The Hall–Kier alpha value is -0.120. The van der Waals surface area contributed by atoms with Crippen molar-refractivity contribution < 1.29 is 5.11 Å². The Morgan fingerprint density at radius 1 is 1.44 bits per heavy atom. The summed E-state index contributed by atoms with van der Waals surface area (Å²) in [5, 5.41) is 10.3. The number of nitrogens with zero attached hydrogens (tertiary/aromatic N) is 2. The lowest BCUT2D eigenvalue weighted by atomic mass is 9.91.